The Hall–Kier alpha value is -2.69. The molecule has 1 heterocycles. The van der Waals surface area contributed by atoms with Gasteiger partial charge in [-0.25, -0.2) is 4.79 Å². The predicted molar refractivity (Wildman–Crippen MR) is 70.0 cm³/mol. The Morgan fingerprint density at radius 3 is 2.58 bits per heavy atom. The first-order valence-corrected chi connectivity index (χ1v) is 5.67. The van der Waals surface area contributed by atoms with Crippen molar-refractivity contribution >= 4 is 17.6 Å². The van der Waals surface area contributed by atoms with E-state index in [0.29, 0.717) is 5.69 Å². The second kappa shape index (κ2) is 5.77. The molecule has 2 aromatic rings. The van der Waals surface area contributed by atoms with E-state index in [9.17, 15) is 9.59 Å². The molecule has 1 amide bonds. The second-order valence-corrected chi connectivity index (χ2v) is 3.97. The van der Waals surface area contributed by atoms with Crippen molar-refractivity contribution in [2.75, 3.05) is 5.32 Å². The van der Waals surface area contributed by atoms with Crippen LogP contribution in [0.15, 0.2) is 48.8 Å². The molecule has 2 rings (SSSR count). The maximum absolute atomic E-state index is 11.8. The summed E-state index contributed by atoms with van der Waals surface area (Å²) in [6.45, 7) is 0. The number of pyridine rings is 1. The van der Waals surface area contributed by atoms with E-state index >= 15 is 0 Å². The Labute approximate surface area is 109 Å². The molecule has 5 heteroatoms. The molecule has 0 aliphatic heterocycles. The van der Waals surface area contributed by atoms with Crippen molar-refractivity contribution in [2.24, 2.45) is 0 Å². The number of nitrogens with zero attached hydrogens (tertiary/aromatic N) is 1. The summed E-state index contributed by atoms with van der Waals surface area (Å²) in [7, 11) is 0. The molecule has 0 unspecified atom stereocenters. The topological polar surface area (TPSA) is 79.3 Å². The molecule has 0 aliphatic rings. The lowest BCUT2D eigenvalue weighted by molar-refractivity contribution is -0.115. The zero-order chi connectivity index (χ0) is 13.7. The molecule has 0 saturated carbocycles. The zero-order valence-corrected chi connectivity index (χ0v) is 10.0. The van der Waals surface area contributed by atoms with Crippen molar-refractivity contribution in [3.05, 3.63) is 59.9 Å². The standard InChI is InChI=1S/C14H12N2O3/c17-13(8-10-4-6-15-7-5-10)16-12-3-1-2-11(9-12)14(18)19/h1-7,9H,8H2,(H,16,17)(H,18,19). The highest BCUT2D eigenvalue weighted by Crippen LogP contribution is 2.11. The number of carbonyl (C=O) groups is 2. The van der Waals surface area contributed by atoms with E-state index < -0.39 is 5.97 Å². The molecule has 0 spiro atoms. The van der Waals surface area contributed by atoms with Crippen LogP contribution >= 0.6 is 0 Å². The van der Waals surface area contributed by atoms with Crippen LogP contribution in [0.3, 0.4) is 0 Å². The Kier molecular flexibility index (Phi) is 3.87. The number of carbonyl (C=O) groups excluding carboxylic acids is 1. The van der Waals surface area contributed by atoms with Crippen molar-refractivity contribution in [1.82, 2.24) is 4.98 Å². The highest BCUT2D eigenvalue weighted by Gasteiger charge is 2.06. The Balaban J connectivity index is 2.03. The number of hydrogen-bond donors (Lipinski definition) is 2. The molecule has 0 saturated heterocycles. The van der Waals surface area contributed by atoms with Crippen LogP contribution in [0, 0.1) is 0 Å². The van der Waals surface area contributed by atoms with E-state index in [1.165, 1.54) is 12.1 Å². The maximum atomic E-state index is 11.8. The number of aromatic nitrogens is 1. The molecule has 96 valence electrons. The summed E-state index contributed by atoms with van der Waals surface area (Å²) in [5.74, 6) is -1.22. The molecule has 0 fully saturated rings. The summed E-state index contributed by atoms with van der Waals surface area (Å²) in [5, 5.41) is 11.5. The molecule has 0 bridgehead atoms. The van der Waals surface area contributed by atoms with Crippen LogP contribution < -0.4 is 5.32 Å². The quantitative estimate of drug-likeness (QED) is 0.876. The molecule has 0 aliphatic carbocycles. The minimum atomic E-state index is -1.02. The molecule has 2 N–H and O–H groups in total. The molecule has 5 nitrogen and oxygen atoms in total. The largest absolute Gasteiger partial charge is 0.478 e. The van der Waals surface area contributed by atoms with E-state index in [2.05, 4.69) is 10.3 Å². The fraction of sp³-hybridized carbons (Fsp3) is 0.0714. The SMILES string of the molecule is O=C(Cc1ccncc1)Nc1cccc(C(=O)O)c1. The van der Waals surface area contributed by atoms with Gasteiger partial charge < -0.3 is 10.4 Å². The van der Waals surface area contributed by atoms with Crippen LogP contribution in [-0.2, 0) is 11.2 Å². The summed E-state index contributed by atoms with van der Waals surface area (Å²) in [5.41, 5.74) is 1.46. The number of rotatable bonds is 4. The monoisotopic (exact) mass is 256 g/mol. The second-order valence-electron chi connectivity index (χ2n) is 3.97. The first kappa shape index (κ1) is 12.8. The molecular weight excluding hydrogens is 244 g/mol. The number of amides is 1. The average molecular weight is 256 g/mol. The van der Waals surface area contributed by atoms with Gasteiger partial charge in [0.25, 0.3) is 0 Å². The lowest BCUT2D eigenvalue weighted by atomic mass is 10.1. The number of carboxylic acid groups (broad SMARTS) is 1. The van der Waals surface area contributed by atoms with Gasteiger partial charge in [0.1, 0.15) is 0 Å². The van der Waals surface area contributed by atoms with Crippen molar-refractivity contribution < 1.29 is 14.7 Å². The van der Waals surface area contributed by atoms with Crippen LogP contribution in [-0.4, -0.2) is 22.0 Å². The van der Waals surface area contributed by atoms with Gasteiger partial charge in [0, 0.05) is 18.1 Å². The number of anilines is 1. The predicted octanol–water partition coefficient (Wildman–Crippen LogP) is 1.96. The molecule has 0 radical (unpaired) electrons. The highest BCUT2D eigenvalue weighted by molar-refractivity contribution is 5.94. The number of benzene rings is 1. The van der Waals surface area contributed by atoms with Gasteiger partial charge in [-0.2, -0.15) is 0 Å². The third kappa shape index (κ3) is 3.64. The highest BCUT2D eigenvalue weighted by atomic mass is 16.4. The lowest BCUT2D eigenvalue weighted by Crippen LogP contribution is -2.14. The van der Waals surface area contributed by atoms with E-state index in [4.69, 9.17) is 5.11 Å². The summed E-state index contributed by atoms with van der Waals surface area (Å²) in [6.07, 6.45) is 3.46. The van der Waals surface area contributed by atoms with Gasteiger partial charge >= 0.3 is 5.97 Å². The molecular formula is C14H12N2O3. The van der Waals surface area contributed by atoms with Gasteiger partial charge in [0.05, 0.1) is 12.0 Å². The van der Waals surface area contributed by atoms with Crippen LogP contribution in [0.2, 0.25) is 0 Å². The summed E-state index contributed by atoms with van der Waals surface area (Å²) in [4.78, 5) is 26.5. The number of nitrogens with one attached hydrogen (secondary N) is 1. The minimum absolute atomic E-state index is 0.140. The van der Waals surface area contributed by atoms with Gasteiger partial charge in [0.2, 0.25) is 5.91 Å². The Bertz CT molecular complexity index is 597. The van der Waals surface area contributed by atoms with Gasteiger partial charge in [-0.1, -0.05) is 6.07 Å². The van der Waals surface area contributed by atoms with E-state index in [1.54, 1.807) is 36.7 Å². The van der Waals surface area contributed by atoms with Crippen LogP contribution in [0.1, 0.15) is 15.9 Å². The molecule has 1 aromatic heterocycles. The first-order chi connectivity index (χ1) is 9.15. The fourth-order valence-corrected chi connectivity index (χ4v) is 1.62. The molecule has 19 heavy (non-hydrogen) atoms. The van der Waals surface area contributed by atoms with Gasteiger partial charge in [0.15, 0.2) is 0 Å². The van der Waals surface area contributed by atoms with Gasteiger partial charge in [-0.3, -0.25) is 9.78 Å². The third-order valence-electron chi connectivity index (χ3n) is 2.51. The van der Waals surface area contributed by atoms with Crippen molar-refractivity contribution in [3.8, 4) is 0 Å². The van der Waals surface area contributed by atoms with E-state index in [1.807, 2.05) is 0 Å². The zero-order valence-electron chi connectivity index (χ0n) is 10.0. The summed E-state index contributed by atoms with van der Waals surface area (Å²) in [6, 6.07) is 9.65. The maximum Gasteiger partial charge on any atom is 0.335 e. The molecule has 0 atom stereocenters. The van der Waals surface area contributed by atoms with Crippen molar-refractivity contribution in [1.29, 1.82) is 0 Å². The average Bonchev–Trinajstić information content (AvgIpc) is 2.40. The third-order valence-corrected chi connectivity index (χ3v) is 2.51. The minimum Gasteiger partial charge on any atom is -0.478 e. The Morgan fingerprint density at radius 2 is 1.89 bits per heavy atom. The lowest BCUT2D eigenvalue weighted by Gasteiger charge is -2.06. The van der Waals surface area contributed by atoms with Crippen LogP contribution in [0.4, 0.5) is 5.69 Å². The van der Waals surface area contributed by atoms with Crippen molar-refractivity contribution in [3.63, 3.8) is 0 Å². The fourth-order valence-electron chi connectivity index (χ4n) is 1.62. The normalized spacial score (nSPS) is 9.89. The van der Waals surface area contributed by atoms with E-state index in [0.717, 1.165) is 5.56 Å². The summed E-state index contributed by atoms with van der Waals surface area (Å²) < 4.78 is 0. The number of aromatic carboxylic acids is 1. The first-order valence-electron chi connectivity index (χ1n) is 5.67. The number of carboxylic acids is 1. The van der Waals surface area contributed by atoms with Crippen molar-refractivity contribution in [2.45, 2.75) is 6.42 Å². The number of hydrogen-bond acceptors (Lipinski definition) is 3. The Morgan fingerprint density at radius 1 is 1.16 bits per heavy atom. The molecule has 1 aromatic carbocycles. The van der Waals surface area contributed by atoms with Crippen LogP contribution in [0.5, 0.6) is 0 Å². The van der Waals surface area contributed by atoms with Gasteiger partial charge in [-0.15, -0.1) is 0 Å². The smallest absolute Gasteiger partial charge is 0.335 e. The summed E-state index contributed by atoms with van der Waals surface area (Å²) >= 11 is 0. The van der Waals surface area contributed by atoms with E-state index in [-0.39, 0.29) is 17.9 Å². The van der Waals surface area contributed by atoms with Gasteiger partial charge in [-0.05, 0) is 35.9 Å². The van der Waals surface area contributed by atoms with Crippen LogP contribution in [0.25, 0.3) is 0 Å².